The lowest BCUT2D eigenvalue weighted by atomic mass is 10.0. The predicted octanol–water partition coefficient (Wildman–Crippen LogP) is 1.59. The average molecular weight is 429 g/mol. The number of carbonyl (C=O) groups excluding carboxylic acids is 3. The Kier molecular flexibility index (Phi) is 8.53. The van der Waals surface area contributed by atoms with E-state index in [-0.39, 0.29) is 38.8 Å². The Morgan fingerprint density at radius 3 is 2.58 bits per heavy atom. The second-order valence-corrected chi connectivity index (χ2v) is 6.57. The molecule has 9 nitrogen and oxygen atoms in total. The topological polar surface area (TPSA) is 109 Å². The first-order chi connectivity index (χ1) is 15.1. The van der Waals surface area contributed by atoms with Crippen molar-refractivity contribution in [3.63, 3.8) is 0 Å². The largest absolute Gasteiger partial charge is 0.491 e. The lowest BCUT2D eigenvalue weighted by molar-refractivity contribution is -0.140. The first-order valence-corrected chi connectivity index (χ1v) is 9.72. The Morgan fingerprint density at radius 1 is 0.968 bits per heavy atom. The van der Waals surface area contributed by atoms with E-state index in [2.05, 4.69) is 10.2 Å². The van der Waals surface area contributed by atoms with Crippen LogP contribution < -0.4 is 10.2 Å². The number of hydrogen-bond donors (Lipinski definition) is 1. The van der Waals surface area contributed by atoms with Gasteiger partial charge in [0.05, 0.1) is 38.4 Å². The number of nitrogens with one attached hydrogen (secondary N) is 1. The second-order valence-electron chi connectivity index (χ2n) is 6.57. The van der Waals surface area contributed by atoms with Crippen molar-refractivity contribution in [2.45, 2.75) is 13.0 Å². The van der Waals surface area contributed by atoms with Crippen molar-refractivity contribution in [1.82, 2.24) is 5.48 Å². The third-order valence-electron chi connectivity index (χ3n) is 4.21. The molecule has 0 atom stereocenters. The summed E-state index contributed by atoms with van der Waals surface area (Å²) < 4.78 is 20.7. The zero-order chi connectivity index (χ0) is 21.9. The number of fused-ring (bicyclic) bond motifs is 1. The number of hydrogen-bond acceptors (Lipinski definition) is 8. The zero-order valence-electron chi connectivity index (χ0n) is 16.8. The predicted molar refractivity (Wildman–Crippen MR) is 107 cm³/mol. The van der Waals surface area contributed by atoms with Crippen molar-refractivity contribution in [1.29, 1.82) is 0 Å². The van der Waals surface area contributed by atoms with Crippen LogP contribution in [-0.4, -0.2) is 50.9 Å². The van der Waals surface area contributed by atoms with Crippen molar-refractivity contribution in [3.05, 3.63) is 65.2 Å². The lowest BCUT2D eigenvalue weighted by Crippen LogP contribution is -2.28. The highest BCUT2D eigenvalue weighted by Crippen LogP contribution is 2.23. The normalized spacial score (nSPS) is 12.8. The standard InChI is InChI=1S/C22H23NO8/c24-20(23-30-14-16-4-2-1-3-5-16)15-28-9-8-27-10-11-29-18-6-7-19-17(12-18)13-21(25)31-22(19)26/h1-7,12H,8-11,13-15H2,(H,23,24). The van der Waals surface area contributed by atoms with Gasteiger partial charge in [-0.1, -0.05) is 30.3 Å². The van der Waals surface area contributed by atoms with Crippen molar-refractivity contribution in [2.24, 2.45) is 0 Å². The van der Waals surface area contributed by atoms with Crippen molar-refractivity contribution in [2.75, 3.05) is 33.0 Å². The minimum Gasteiger partial charge on any atom is -0.491 e. The lowest BCUT2D eigenvalue weighted by Gasteiger charge is -2.15. The molecule has 2 aromatic rings. The molecule has 1 amide bonds. The number of ether oxygens (including phenoxy) is 4. The molecular weight excluding hydrogens is 406 g/mol. The number of esters is 2. The number of cyclic esters (lactones) is 2. The smallest absolute Gasteiger partial charge is 0.346 e. The summed E-state index contributed by atoms with van der Waals surface area (Å²) in [6.07, 6.45) is 0.0387. The van der Waals surface area contributed by atoms with Gasteiger partial charge < -0.3 is 18.9 Å². The monoisotopic (exact) mass is 429 g/mol. The molecule has 2 aromatic carbocycles. The SMILES string of the molecule is O=C(COCCOCCOc1ccc2c(c1)CC(=O)OC2=O)NOCc1ccccc1. The minimum atomic E-state index is -0.641. The minimum absolute atomic E-state index is 0.0387. The van der Waals surface area contributed by atoms with Crippen LogP contribution in [0, 0.1) is 0 Å². The van der Waals surface area contributed by atoms with Crippen LogP contribution in [0.25, 0.3) is 0 Å². The Labute approximate surface area is 179 Å². The first-order valence-electron chi connectivity index (χ1n) is 9.72. The fraction of sp³-hybridized carbons (Fsp3) is 0.318. The summed E-state index contributed by atoms with van der Waals surface area (Å²) in [4.78, 5) is 39.6. The van der Waals surface area contributed by atoms with Gasteiger partial charge in [-0.05, 0) is 29.3 Å². The zero-order valence-corrected chi connectivity index (χ0v) is 16.8. The summed E-state index contributed by atoms with van der Waals surface area (Å²) in [5.41, 5.74) is 4.22. The van der Waals surface area contributed by atoms with Crippen LogP contribution in [0.5, 0.6) is 5.75 Å². The summed E-state index contributed by atoms with van der Waals surface area (Å²) in [7, 11) is 0. The van der Waals surface area contributed by atoms with Crippen LogP contribution in [0.3, 0.4) is 0 Å². The van der Waals surface area contributed by atoms with Gasteiger partial charge in [-0.3, -0.25) is 14.4 Å². The van der Waals surface area contributed by atoms with Crippen molar-refractivity contribution >= 4 is 17.8 Å². The molecular formula is C22H23NO8. The molecule has 0 saturated carbocycles. The third kappa shape index (κ3) is 7.49. The van der Waals surface area contributed by atoms with Crippen molar-refractivity contribution < 1.29 is 38.2 Å². The molecule has 0 fully saturated rings. The van der Waals surface area contributed by atoms with Gasteiger partial charge in [-0.2, -0.15) is 0 Å². The number of hydroxylamine groups is 1. The van der Waals surface area contributed by atoms with Crippen molar-refractivity contribution in [3.8, 4) is 5.75 Å². The van der Waals surface area contributed by atoms with Gasteiger partial charge >= 0.3 is 11.9 Å². The van der Waals surface area contributed by atoms with Crippen LogP contribution in [0.15, 0.2) is 48.5 Å². The van der Waals surface area contributed by atoms with Crippen LogP contribution in [0.2, 0.25) is 0 Å². The van der Waals surface area contributed by atoms with Gasteiger partial charge in [-0.25, -0.2) is 10.3 Å². The molecule has 0 aliphatic carbocycles. The molecule has 1 N–H and O–H groups in total. The number of benzene rings is 2. The number of rotatable bonds is 12. The van der Waals surface area contributed by atoms with E-state index in [1.807, 2.05) is 30.3 Å². The van der Waals surface area contributed by atoms with Crippen LogP contribution in [0.1, 0.15) is 21.5 Å². The Hall–Kier alpha value is -3.27. The highest BCUT2D eigenvalue weighted by molar-refractivity contribution is 6.02. The quantitative estimate of drug-likeness (QED) is 0.234. The van der Waals surface area contributed by atoms with Crippen LogP contribution in [-0.2, 0) is 41.7 Å². The third-order valence-corrected chi connectivity index (χ3v) is 4.21. The van der Waals surface area contributed by atoms with Gasteiger partial charge in [0.1, 0.15) is 19.0 Å². The Morgan fingerprint density at radius 2 is 1.74 bits per heavy atom. The summed E-state index contributed by atoms with van der Waals surface area (Å²) in [6, 6.07) is 14.3. The average Bonchev–Trinajstić information content (AvgIpc) is 2.76. The van der Waals surface area contributed by atoms with E-state index in [1.165, 1.54) is 0 Å². The van der Waals surface area contributed by atoms with Gasteiger partial charge in [0.25, 0.3) is 5.91 Å². The van der Waals surface area contributed by atoms with E-state index in [4.69, 9.17) is 19.0 Å². The van der Waals surface area contributed by atoms with E-state index < -0.39 is 11.9 Å². The van der Waals surface area contributed by atoms with E-state index in [1.54, 1.807) is 18.2 Å². The molecule has 164 valence electrons. The number of amides is 1. The molecule has 1 aliphatic heterocycles. The van der Waals surface area contributed by atoms with E-state index in [9.17, 15) is 14.4 Å². The summed E-state index contributed by atoms with van der Waals surface area (Å²) in [6.45, 7) is 1.28. The fourth-order valence-electron chi connectivity index (χ4n) is 2.76. The summed E-state index contributed by atoms with van der Waals surface area (Å²) in [5.74, 6) is -1.06. The summed E-state index contributed by atoms with van der Waals surface area (Å²) >= 11 is 0. The number of carbonyl (C=O) groups is 3. The molecule has 0 radical (unpaired) electrons. The van der Waals surface area contributed by atoms with Crippen LogP contribution in [0.4, 0.5) is 0 Å². The van der Waals surface area contributed by atoms with E-state index in [0.717, 1.165) is 5.56 Å². The fourth-order valence-corrected chi connectivity index (χ4v) is 2.76. The molecule has 1 heterocycles. The maximum absolute atomic E-state index is 11.6. The second kappa shape index (κ2) is 11.8. The molecule has 9 heteroatoms. The molecule has 0 bridgehead atoms. The van der Waals surface area contributed by atoms with Gasteiger partial charge in [0, 0.05) is 0 Å². The maximum atomic E-state index is 11.6. The van der Waals surface area contributed by atoms with Gasteiger partial charge in [-0.15, -0.1) is 0 Å². The molecule has 0 aromatic heterocycles. The molecule has 0 saturated heterocycles. The molecule has 0 spiro atoms. The summed E-state index contributed by atoms with van der Waals surface area (Å²) in [5, 5.41) is 0. The Bertz CT molecular complexity index is 900. The molecule has 31 heavy (non-hydrogen) atoms. The molecule has 0 unspecified atom stereocenters. The highest BCUT2D eigenvalue weighted by Gasteiger charge is 2.24. The van der Waals surface area contributed by atoms with Gasteiger partial charge in [0.15, 0.2) is 0 Å². The highest BCUT2D eigenvalue weighted by atomic mass is 16.7. The van der Waals surface area contributed by atoms with Crippen LogP contribution >= 0.6 is 0 Å². The van der Waals surface area contributed by atoms with Gasteiger partial charge in [0.2, 0.25) is 0 Å². The Balaban J connectivity index is 1.20. The van der Waals surface area contributed by atoms with E-state index >= 15 is 0 Å². The molecule has 3 rings (SSSR count). The maximum Gasteiger partial charge on any atom is 0.346 e. The molecule has 1 aliphatic rings. The van der Waals surface area contributed by atoms with E-state index in [0.29, 0.717) is 30.1 Å². The first kappa shape index (κ1) is 22.4.